The molecule has 5 nitrogen and oxygen atoms in total. The van der Waals surface area contributed by atoms with Crippen molar-refractivity contribution in [2.45, 2.75) is 38.7 Å². The van der Waals surface area contributed by atoms with Gasteiger partial charge in [0.15, 0.2) is 0 Å². The van der Waals surface area contributed by atoms with E-state index in [4.69, 9.17) is 5.11 Å². The summed E-state index contributed by atoms with van der Waals surface area (Å²) in [6.45, 7) is 4.90. The zero-order valence-electron chi connectivity index (χ0n) is 10.8. The fourth-order valence-corrected chi connectivity index (χ4v) is 2.14. The second-order valence-electron chi connectivity index (χ2n) is 5.25. The Hall–Kier alpha value is -0.650. The minimum absolute atomic E-state index is 0.0269. The predicted octanol–water partition coefficient (Wildman–Crippen LogP) is -0.374. The molecule has 2 unspecified atom stereocenters. The topological polar surface area (TPSA) is 81.6 Å². The average molecular weight is 244 g/mol. The summed E-state index contributed by atoms with van der Waals surface area (Å²) in [6.07, 6.45) is 2.66. The first-order valence-corrected chi connectivity index (χ1v) is 6.28. The van der Waals surface area contributed by atoms with Crippen molar-refractivity contribution in [2.24, 2.45) is 5.41 Å². The molecule has 1 heterocycles. The van der Waals surface area contributed by atoms with Gasteiger partial charge < -0.3 is 20.8 Å². The largest absolute Gasteiger partial charge is 0.393 e. The van der Waals surface area contributed by atoms with Crippen LogP contribution < -0.4 is 10.6 Å². The monoisotopic (exact) mass is 244 g/mol. The lowest BCUT2D eigenvalue weighted by Crippen LogP contribution is -2.53. The molecule has 1 fully saturated rings. The van der Waals surface area contributed by atoms with Gasteiger partial charge in [-0.3, -0.25) is 4.79 Å². The molecule has 0 aromatic rings. The van der Waals surface area contributed by atoms with Gasteiger partial charge >= 0.3 is 0 Å². The predicted molar refractivity (Wildman–Crippen MR) is 65.5 cm³/mol. The number of rotatable bonds is 5. The maximum absolute atomic E-state index is 12.2. The molecule has 0 bridgehead atoms. The van der Waals surface area contributed by atoms with E-state index in [0.717, 1.165) is 25.8 Å². The smallest absolute Gasteiger partial charge is 0.227 e. The van der Waals surface area contributed by atoms with E-state index in [0.29, 0.717) is 6.54 Å². The van der Waals surface area contributed by atoms with Gasteiger partial charge in [-0.05, 0) is 32.7 Å². The molecule has 1 rings (SSSR count). The van der Waals surface area contributed by atoms with Crippen molar-refractivity contribution >= 4 is 5.91 Å². The summed E-state index contributed by atoms with van der Waals surface area (Å²) in [4.78, 5) is 12.2. The van der Waals surface area contributed by atoms with Crippen molar-refractivity contribution < 1.29 is 15.0 Å². The van der Waals surface area contributed by atoms with Gasteiger partial charge in [-0.2, -0.15) is 0 Å². The molecule has 0 aromatic carbocycles. The van der Waals surface area contributed by atoms with Crippen molar-refractivity contribution in [1.29, 1.82) is 0 Å². The standard InChI is InChI=1S/C12H24N2O3/c1-3-12(5-4-6-13-8-12)10(16)14-7-11(2,17)9-15/h13,15,17H,3-9H2,1-2H3,(H,14,16). The number of carbonyl (C=O) groups excluding carboxylic acids is 1. The van der Waals surface area contributed by atoms with Crippen LogP contribution in [0.2, 0.25) is 0 Å². The summed E-state index contributed by atoms with van der Waals surface area (Å²) in [5.41, 5.74) is -1.60. The summed E-state index contributed by atoms with van der Waals surface area (Å²) >= 11 is 0. The zero-order valence-corrected chi connectivity index (χ0v) is 10.8. The normalized spacial score (nSPS) is 28.5. The maximum Gasteiger partial charge on any atom is 0.227 e. The van der Waals surface area contributed by atoms with Gasteiger partial charge in [-0.15, -0.1) is 0 Å². The van der Waals surface area contributed by atoms with E-state index in [1.54, 1.807) is 0 Å². The lowest BCUT2D eigenvalue weighted by Gasteiger charge is -2.36. The van der Waals surface area contributed by atoms with E-state index < -0.39 is 5.60 Å². The van der Waals surface area contributed by atoms with E-state index in [1.165, 1.54) is 6.92 Å². The molecule has 0 aromatic heterocycles. The van der Waals surface area contributed by atoms with Crippen LogP contribution in [0.3, 0.4) is 0 Å². The lowest BCUT2D eigenvalue weighted by atomic mass is 9.77. The molecule has 1 aliphatic heterocycles. The number of piperidine rings is 1. The Morgan fingerprint density at radius 3 is 2.76 bits per heavy atom. The Bertz CT molecular complexity index is 260. The third-order valence-corrected chi connectivity index (χ3v) is 3.60. The van der Waals surface area contributed by atoms with Gasteiger partial charge in [0.25, 0.3) is 0 Å². The van der Waals surface area contributed by atoms with Gasteiger partial charge in [0.1, 0.15) is 5.60 Å². The number of aliphatic hydroxyl groups is 2. The summed E-state index contributed by atoms with van der Waals surface area (Å²) in [7, 11) is 0. The van der Waals surface area contributed by atoms with Gasteiger partial charge in [-0.25, -0.2) is 0 Å². The minimum atomic E-state index is -1.24. The first-order chi connectivity index (χ1) is 7.96. The number of carbonyl (C=O) groups is 1. The van der Waals surface area contributed by atoms with Gasteiger partial charge in [0.05, 0.1) is 12.0 Å². The van der Waals surface area contributed by atoms with Crippen molar-refractivity contribution in [2.75, 3.05) is 26.2 Å². The molecule has 1 amide bonds. The Kier molecular flexibility index (Phi) is 4.91. The second kappa shape index (κ2) is 5.80. The van der Waals surface area contributed by atoms with E-state index in [1.807, 2.05) is 6.92 Å². The van der Waals surface area contributed by atoms with Crippen LogP contribution in [0.1, 0.15) is 33.1 Å². The first kappa shape index (κ1) is 14.4. The molecule has 2 atom stereocenters. The Labute approximate surface area is 103 Å². The summed E-state index contributed by atoms with van der Waals surface area (Å²) in [6, 6.07) is 0. The number of aliphatic hydroxyl groups excluding tert-OH is 1. The Morgan fingerprint density at radius 1 is 1.59 bits per heavy atom. The molecular weight excluding hydrogens is 220 g/mol. The highest BCUT2D eigenvalue weighted by Crippen LogP contribution is 2.30. The molecule has 0 radical (unpaired) electrons. The number of hydrogen-bond acceptors (Lipinski definition) is 4. The quantitative estimate of drug-likeness (QED) is 0.532. The molecule has 0 aliphatic carbocycles. The second-order valence-corrected chi connectivity index (χ2v) is 5.25. The highest BCUT2D eigenvalue weighted by Gasteiger charge is 2.38. The number of hydrogen-bond donors (Lipinski definition) is 4. The van der Waals surface area contributed by atoms with Gasteiger partial charge in [0, 0.05) is 13.1 Å². The molecule has 17 heavy (non-hydrogen) atoms. The van der Waals surface area contributed by atoms with Crippen molar-refractivity contribution in [3.05, 3.63) is 0 Å². The average Bonchev–Trinajstić information content (AvgIpc) is 2.37. The summed E-state index contributed by atoms with van der Waals surface area (Å²) in [5, 5.41) is 24.6. The molecule has 4 N–H and O–H groups in total. The van der Waals surface area contributed by atoms with Gasteiger partial charge in [0.2, 0.25) is 5.91 Å². The van der Waals surface area contributed by atoms with Crippen molar-refractivity contribution in [1.82, 2.24) is 10.6 Å². The van der Waals surface area contributed by atoms with Crippen LogP contribution in [0.25, 0.3) is 0 Å². The van der Waals surface area contributed by atoms with Gasteiger partial charge in [-0.1, -0.05) is 6.92 Å². The maximum atomic E-state index is 12.2. The number of nitrogens with one attached hydrogen (secondary N) is 2. The third-order valence-electron chi connectivity index (χ3n) is 3.60. The van der Waals surface area contributed by atoms with Crippen LogP contribution in [0.15, 0.2) is 0 Å². The zero-order chi connectivity index (χ0) is 12.9. The Morgan fingerprint density at radius 2 is 2.29 bits per heavy atom. The first-order valence-electron chi connectivity index (χ1n) is 6.28. The lowest BCUT2D eigenvalue weighted by molar-refractivity contribution is -0.133. The van der Waals surface area contributed by atoms with E-state index in [2.05, 4.69) is 10.6 Å². The van der Waals surface area contributed by atoms with E-state index >= 15 is 0 Å². The van der Waals surface area contributed by atoms with Crippen LogP contribution in [-0.4, -0.2) is 48.0 Å². The van der Waals surface area contributed by atoms with Crippen LogP contribution >= 0.6 is 0 Å². The molecule has 0 spiro atoms. The fraction of sp³-hybridized carbons (Fsp3) is 0.917. The van der Waals surface area contributed by atoms with Crippen molar-refractivity contribution in [3.63, 3.8) is 0 Å². The molecule has 1 saturated heterocycles. The molecule has 1 aliphatic rings. The van der Waals surface area contributed by atoms with Crippen LogP contribution in [0.4, 0.5) is 0 Å². The highest BCUT2D eigenvalue weighted by atomic mass is 16.3. The van der Waals surface area contributed by atoms with Crippen LogP contribution in [0.5, 0.6) is 0 Å². The van der Waals surface area contributed by atoms with E-state index in [9.17, 15) is 9.90 Å². The summed E-state index contributed by atoms with van der Waals surface area (Å²) < 4.78 is 0. The van der Waals surface area contributed by atoms with Crippen LogP contribution in [0, 0.1) is 5.41 Å². The Balaban J connectivity index is 2.55. The molecule has 5 heteroatoms. The SMILES string of the molecule is CCC1(C(=O)NCC(C)(O)CO)CCCNC1. The van der Waals surface area contributed by atoms with E-state index in [-0.39, 0.29) is 24.5 Å². The molecule has 0 saturated carbocycles. The summed E-state index contributed by atoms with van der Waals surface area (Å²) in [5.74, 6) is -0.0269. The number of amides is 1. The molecular formula is C12H24N2O3. The fourth-order valence-electron chi connectivity index (χ4n) is 2.14. The highest BCUT2D eigenvalue weighted by molar-refractivity contribution is 5.83. The minimum Gasteiger partial charge on any atom is -0.393 e. The third kappa shape index (κ3) is 3.66. The van der Waals surface area contributed by atoms with Crippen LogP contribution in [-0.2, 0) is 4.79 Å². The van der Waals surface area contributed by atoms with Crippen molar-refractivity contribution in [3.8, 4) is 0 Å². The molecule has 100 valence electrons.